The molecule has 1 amide bonds. The molecule has 2 aromatic carbocycles. The summed E-state index contributed by atoms with van der Waals surface area (Å²) in [5.41, 5.74) is -0.552. The molecule has 0 saturated heterocycles. The van der Waals surface area contributed by atoms with Gasteiger partial charge in [-0.2, -0.15) is 13.2 Å². The molecule has 0 saturated carbocycles. The lowest BCUT2D eigenvalue weighted by atomic mass is 10.1. The van der Waals surface area contributed by atoms with Crippen LogP contribution in [0.25, 0.3) is 0 Å². The van der Waals surface area contributed by atoms with Crippen molar-refractivity contribution in [3.63, 3.8) is 0 Å². The summed E-state index contributed by atoms with van der Waals surface area (Å²) >= 11 is 0. The van der Waals surface area contributed by atoms with Gasteiger partial charge in [0.2, 0.25) is 0 Å². The first-order valence-corrected chi connectivity index (χ1v) is 7.61. The molecule has 0 atom stereocenters. The maximum atomic E-state index is 12.5. The van der Waals surface area contributed by atoms with Crippen LogP contribution in [0.15, 0.2) is 42.5 Å². The van der Waals surface area contributed by atoms with Gasteiger partial charge in [-0.25, -0.2) is 4.79 Å². The molecule has 0 unspecified atom stereocenters. The van der Waals surface area contributed by atoms with Crippen LogP contribution in [0.2, 0.25) is 0 Å². The molecule has 0 radical (unpaired) electrons. The van der Waals surface area contributed by atoms with Gasteiger partial charge in [-0.1, -0.05) is 0 Å². The van der Waals surface area contributed by atoms with Crippen molar-refractivity contribution in [3.05, 3.63) is 53.6 Å². The lowest BCUT2D eigenvalue weighted by Crippen LogP contribution is -2.22. The molecule has 0 spiro atoms. The zero-order chi connectivity index (χ0) is 20.0. The fourth-order valence-corrected chi connectivity index (χ4v) is 2.11. The van der Waals surface area contributed by atoms with E-state index in [0.29, 0.717) is 5.75 Å². The molecule has 0 heterocycles. The van der Waals surface area contributed by atoms with E-state index in [1.807, 2.05) is 0 Å². The summed E-state index contributed by atoms with van der Waals surface area (Å²) in [4.78, 5) is 23.9. The Balaban J connectivity index is 2.02. The van der Waals surface area contributed by atoms with Gasteiger partial charge in [0, 0.05) is 0 Å². The van der Waals surface area contributed by atoms with Gasteiger partial charge in [-0.05, 0) is 42.5 Å². The minimum Gasteiger partial charge on any atom is -0.497 e. The summed E-state index contributed by atoms with van der Waals surface area (Å²) in [6.45, 7) is -0.460. The number of methoxy groups -OCH3 is 2. The molecule has 0 aromatic heterocycles. The summed E-state index contributed by atoms with van der Waals surface area (Å²) in [7, 11) is 2.62. The van der Waals surface area contributed by atoms with Crippen molar-refractivity contribution in [1.82, 2.24) is 0 Å². The van der Waals surface area contributed by atoms with E-state index >= 15 is 0 Å². The second kappa shape index (κ2) is 8.43. The van der Waals surface area contributed by atoms with Gasteiger partial charge in [0.15, 0.2) is 6.61 Å². The Morgan fingerprint density at radius 1 is 1.00 bits per heavy atom. The van der Waals surface area contributed by atoms with Crippen molar-refractivity contribution in [3.8, 4) is 11.5 Å². The molecule has 0 bridgehead atoms. The minimum absolute atomic E-state index is 0.0831. The van der Waals surface area contributed by atoms with Gasteiger partial charge in [-0.15, -0.1) is 0 Å². The van der Waals surface area contributed by atoms with Crippen LogP contribution < -0.4 is 14.8 Å². The molecule has 27 heavy (non-hydrogen) atoms. The normalized spacial score (nSPS) is 10.9. The third-order valence-electron chi connectivity index (χ3n) is 3.46. The maximum absolute atomic E-state index is 12.5. The number of halogens is 3. The van der Waals surface area contributed by atoms with Crippen LogP contribution >= 0.6 is 0 Å². The standard InChI is InChI=1S/C18H16F3NO5/c1-25-13-7-8-15(14(9-13)17(24)26-2)22-16(23)10-27-12-5-3-11(4-6-12)18(19,20)21/h3-9H,10H2,1-2H3,(H,22,23). The van der Waals surface area contributed by atoms with Crippen LogP contribution in [0, 0.1) is 0 Å². The highest BCUT2D eigenvalue weighted by atomic mass is 19.4. The van der Waals surface area contributed by atoms with Crippen molar-refractivity contribution in [2.45, 2.75) is 6.18 Å². The predicted octanol–water partition coefficient (Wildman–Crippen LogP) is 3.52. The average Bonchev–Trinajstić information content (AvgIpc) is 2.65. The molecule has 0 fully saturated rings. The number of hydrogen-bond acceptors (Lipinski definition) is 5. The highest BCUT2D eigenvalue weighted by molar-refractivity contribution is 6.02. The van der Waals surface area contributed by atoms with Gasteiger partial charge in [0.05, 0.1) is 31.0 Å². The predicted molar refractivity (Wildman–Crippen MR) is 89.9 cm³/mol. The lowest BCUT2D eigenvalue weighted by molar-refractivity contribution is -0.137. The highest BCUT2D eigenvalue weighted by Crippen LogP contribution is 2.30. The SMILES string of the molecule is COC(=O)c1cc(OC)ccc1NC(=O)COc1ccc(C(F)(F)F)cc1. The van der Waals surface area contributed by atoms with Crippen molar-refractivity contribution in [2.75, 3.05) is 26.1 Å². The number of carbonyl (C=O) groups excluding carboxylic acids is 2. The molecule has 2 rings (SSSR count). The first-order valence-electron chi connectivity index (χ1n) is 7.61. The summed E-state index contributed by atoms with van der Waals surface area (Å²) in [6, 6.07) is 8.34. The summed E-state index contributed by atoms with van der Waals surface area (Å²) in [5, 5.41) is 2.48. The van der Waals surface area contributed by atoms with E-state index in [1.54, 1.807) is 6.07 Å². The number of rotatable bonds is 6. The topological polar surface area (TPSA) is 73.9 Å². The number of amides is 1. The summed E-state index contributed by atoms with van der Waals surface area (Å²) < 4.78 is 52.4. The zero-order valence-electron chi connectivity index (χ0n) is 14.4. The molecule has 0 aliphatic heterocycles. The fourth-order valence-electron chi connectivity index (χ4n) is 2.11. The Bertz CT molecular complexity index is 819. The first-order chi connectivity index (χ1) is 12.7. The fraction of sp³-hybridized carbons (Fsp3) is 0.222. The Morgan fingerprint density at radius 3 is 2.19 bits per heavy atom. The van der Waals surface area contributed by atoms with E-state index in [4.69, 9.17) is 9.47 Å². The van der Waals surface area contributed by atoms with Crippen LogP contribution in [0.3, 0.4) is 0 Å². The summed E-state index contributed by atoms with van der Waals surface area (Å²) in [6.07, 6.45) is -4.45. The molecule has 6 nitrogen and oxygen atoms in total. The summed E-state index contributed by atoms with van der Waals surface area (Å²) in [5.74, 6) is -0.784. The highest BCUT2D eigenvalue weighted by Gasteiger charge is 2.30. The minimum atomic E-state index is -4.45. The van der Waals surface area contributed by atoms with Gasteiger partial charge < -0.3 is 19.5 Å². The average molecular weight is 383 g/mol. The van der Waals surface area contributed by atoms with Crippen LogP contribution in [-0.4, -0.2) is 32.7 Å². The van der Waals surface area contributed by atoms with Crippen LogP contribution in [0.5, 0.6) is 11.5 Å². The molecule has 0 aliphatic carbocycles. The van der Waals surface area contributed by atoms with E-state index in [9.17, 15) is 22.8 Å². The van der Waals surface area contributed by atoms with Crippen LogP contribution in [0.4, 0.5) is 18.9 Å². The van der Waals surface area contributed by atoms with Gasteiger partial charge >= 0.3 is 12.1 Å². The third kappa shape index (κ3) is 5.37. The van der Waals surface area contributed by atoms with E-state index in [2.05, 4.69) is 10.1 Å². The molecule has 2 aromatic rings. The van der Waals surface area contributed by atoms with Crippen molar-refractivity contribution < 1.29 is 37.0 Å². The van der Waals surface area contributed by atoms with Crippen molar-refractivity contribution >= 4 is 17.6 Å². The molecule has 9 heteroatoms. The van der Waals surface area contributed by atoms with E-state index in [-0.39, 0.29) is 17.0 Å². The van der Waals surface area contributed by atoms with E-state index < -0.39 is 30.2 Å². The zero-order valence-corrected chi connectivity index (χ0v) is 14.4. The Hall–Kier alpha value is -3.23. The number of anilines is 1. The number of hydrogen-bond donors (Lipinski definition) is 1. The number of ether oxygens (including phenoxy) is 3. The smallest absolute Gasteiger partial charge is 0.416 e. The van der Waals surface area contributed by atoms with E-state index in [1.165, 1.54) is 26.4 Å². The Morgan fingerprint density at radius 2 is 1.63 bits per heavy atom. The molecular weight excluding hydrogens is 367 g/mol. The lowest BCUT2D eigenvalue weighted by Gasteiger charge is -2.12. The Kier molecular flexibility index (Phi) is 6.27. The molecule has 0 aliphatic rings. The number of nitrogens with one attached hydrogen (secondary N) is 1. The monoisotopic (exact) mass is 383 g/mol. The van der Waals surface area contributed by atoms with Crippen molar-refractivity contribution in [1.29, 1.82) is 0 Å². The number of esters is 1. The van der Waals surface area contributed by atoms with Crippen LogP contribution in [-0.2, 0) is 15.7 Å². The van der Waals surface area contributed by atoms with Gasteiger partial charge in [-0.3, -0.25) is 4.79 Å². The first kappa shape index (κ1) is 20.1. The Labute approximate surface area is 152 Å². The number of benzene rings is 2. The van der Waals surface area contributed by atoms with E-state index in [0.717, 1.165) is 24.3 Å². The van der Waals surface area contributed by atoms with Crippen LogP contribution in [0.1, 0.15) is 15.9 Å². The number of carbonyl (C=O) groups is 2. The largest absolute Gasteiger partial charge is 0.497 e. The third-order valence-corrected chi connectivity index (χ3v) is 3.46. The van der Waals surface area contributed by atoms with Crippen molar-refractivity contribution in [2.24, 2.45) is 0 Å². The second-order valence-corrected chi connectivity index (χ2v) is 5.26. The molecule has 144 valence electrons. The molecule has 1 N–H and O–H groups in total. The maximum Gasteiger partial charge on any atom is 0.416 e. The number of alkyl halides is 3. The second-order valence-electron chi connectivity index (χ2n) is 5.26. The molecular formula is C18H16F3NO5. The quantitative estimate of drug-likeness (QED) is 0.773. The van der Waals surface area contributed by atoms with Gasteiger partial charge in [0.1, 0.15) is 11.5 Å². The van der Waals surface area contributed by atoms with Gasteiger partial charge in [0.25, 0.3) is 5.91 Å².